The molecule has 0 spiro atoms. The molecule has 4 rings (SSSR count). The van der Waals surface area contributed by atoms with Gasteiger partial charge in [-0.2, -0.15) is 5.10 Å². The minimum atomic E-state index is 0.431. The molecule has 2 fully saturated rings. The minimum Gasteiger partial charge on any atom is -0.272 e. The van der Waals surface area contributed by atoms with E-state index in [1.807, 2.05) is 23.1 Å². The summed E-state index contributed by atoms with van der Waals surface area (Å²) in [6, 6.07) is 2.05. The number of rotatable bonds is 7. The van der Waals surface area contributed by atoms with Gasteiger partial charge in [0.25, 0.3) is 0 Å². The highest BCUT2D eigenvalue weighted by atomic mass is 15.3. The highest BCUT2D eigenvalue weighted by molar-refractivity contribution is 5.61. The summed E-state index contributed by atoms with van der Waals surface area (Å²) in [7, 11) is 2.05. The Labute approximate surface area is 157 Å². The Kier molecular flexibility index (Phi) is 5.37. The lowest BCUT2D eigenvalue weighted by Crippen LogP contribution is -2.09. The Balaban J connectivity index is 1.46. The van der Waals surface area contributed by atoms with Gasteiger partial charge in [0.2, 0.25) is 0 Å². The van der Waals surface area contributed by atoms with Gasteiger partial charge in [-0.05, 0) is 50.0 Å². The van der Waals surface area contributed by atoms with Crippen LogP contribution in [0.15, 0.2) is 18.5 Å². The molecule has 2 heterocycles. The van der Waals surface area contributed by atoms with Crippen LogP contribution in [0.25, 0.3) is 11.3 Å². The van der Waals surface area contributed by atoms with Crippen LogP contribution in [0.3, 0.4) is 0 Å². The lowest BCUT2D eigenvalue weighted by atomic mass is 9.84. The van der Waals surface area contributed by atoms with Crippen molar-refractivity contribution in [1.82, 2.24) is 19.7 Å². The second-order valence-electron chi connectivity index (χ2n) is 8.56. The molecule has 1 unspecified atom stereocenters. The van der Waals surface area contributed by atoms with Crippen molar-refractivity contribution in [2.24, 2.45) is 18.9 Å². The van der Waals surface area contributed by atoms with Gasteiger partial charge in [0.05, 0.1) is 11.9 Å². The van der Waals surface area contributed by atoms with Gasteiger partial charge in [-0.15, -0.1) is 0 Å². The standard InChI is InChI=1S/C22H32N4/c1-16(8-9-17-6-4-3-5-7-17)22-23-13-12-20(25-22)19-15-24-26(2)21(19)14-18-10-11-18/h12-13,15-18H,3-11,14H2,1-2H3. The van der Waals surface area contributed by atoms with E-state index in [1.165, 1.54) is 69.0 Å². The maximum atomic E-state index is 4.94. The summed E-state index contributed by atoms with van der Waals surface area (Å²) >= 11 is 0. The molecule has 2 aliphatic rings. The molecule has 4 nitrogen and oxygen atoms in total. The summed E-state index contributed by atoms with van der Waals surface area (Å²) in [6.45, 7) is 2.29. The molecular weight excluding hydrogens is 320 g/mol. The third-order valence-corrected chi connectivity index (χ3v) is 6.36. The van der Waals surface area contributed by atoms with Crippen molar-refractivity contribution >= 4 is 0 Å². The quantitative estimate of drug-likeness (QED) is 0.679. The first-order valence-corrected chi connectivity index (χ1v) is 10.5. The average molecular weight is 353 g/mol. The zero-order chi connectivity index (χ0) is 17.9. The summed E-state index contributed by atoms with van der Waals surface area (Å²) in [5.74, 6) is 3.21. The second-order valence-corrected chi connectivity index (χ2v) is 8.56. The van der Waals surface area contributed by atoms with Crippen molar-refractivity contribution in [2.75, 3.05) is 0 Å². The van der Waals surface area contributed by atoms with Crippen molar-refractivity contribution in [3.8, 4) is 11.3 Å². The normalized spacial score (nSPS) is 19.6. The number of hydrogen-bond donors (Lipinski definition) is 0. The molecule has 2 saturated carbocycles. The lowest BCUT2D eigenvalue weighted by molar-refractivity contribution is 0.324. The van der Waals surface area contributed by atoms with Crippen molar-refractivity contribution in [1.29, 1.82) is 0 Å². The predicted octanol–water partition coefficient (Wildman–Crippen LogP) is 5.29. The van der Waals surface area contributed by atoms with E-state index < -0.39 is 0 Å². The van der Waals surface area contributed by atoms with Gasteiger partial charge in [0.15, 0.2) is 0 Å². The fraction of sp³-hybridized carbons (Fsp3) is 0.682. The van der Waals surface area contributed by atoms with Crippen molar-refractivity contribution in [3.05, 3.63) is 30.0 Å². The Hall–Kier alpha value is -1.71. The first kappa shape index (κ1) is 17.7. The van der Waals surface area contributed by atoms with E-state index in [1.54, 1.807) is 0 Å². The molecule has 0 radical (unpaired) electrons. The van der Waals surface area contributed by atoms with Gasteiger partial charge in [-0.25, -0.2) is 9.97 Å². The van der Waals surface area contributed by atoms with Gasteiger partial charge >= 0.3 is 0 Å². The van der Waals surface area contributed by atoms with Gasteiger partial charge in [0, 0.05) is 30.4 Å². The fourth-order valence-electron chi connectivity index (χ4n) is 4.37. The molecule has 0 aliphatic heterocycles. The van der Waals surface area contributed by atoms with E-state index in [9.17, 15) is 0 Å². The van der Waals surface area contributed by atoms with E-state index >= 15 is 0 Å². The van der Waals surface area contributed by atoms with Crippen molar-refractivity contribution < 1.29 is 0 Å². The van der Waals surface area contributed by atoms with Crippen LogP contribution in [0.5, 0.6) is 0 Å². The zero-order valence-electron chi connectivity index (χ0n) is 16.3. The van der Waals surface area contributed by atoms with E-state index in [4.69, 9.17) is 4.98 Å². The molecule has 0 amide bonds. The SMILES string of the molecule is CC(CCC1CCCCC1)c1nccc(-c2cnn(C)c2CC2CC2)n1. The Morgan fingerprint density at radius 3 is 2.69 bits per heavy atom. The molecule has 2 aromatic rings. The van der Waals surface area contributed by atoms with Crippen LogP contribution in [0.2, 0.25) is 0 Å². The van der Waals surface area contributed by atoms with Crippen LogP contribution < -0.4 is 0 Å². The van der Waals surface area contributed by atoms with E-state index in [-0.39, 0.29) is 0 Å². The largest absolute Gasteiger partial charge is 0.272 e. The number of aryl methyl sites for hydroxylation is 1. The average Bonchev–Trinajstić information content (AvgIpc) is 3.43. The minimum absolute atomic E-state index is 0.431. The summed E-state index contributed by atoms with van der Waals surface area (Å²) in [5, 5.41) is 4.50. The molecular formula is C22H32N4. The number of nitrogens with zero attached hydrogens (tertiary/aromatic N) is 4. The summed E-state index contributed by atoms with van der Waals surface area (Å²) in [6.07, 6.45) is 17.4. The van der Waals surface area contributed by atoms with Crippen LogP contribution >= 0.6 is 0 Å². The van der Waals surface area contributed by atoms with Crippen LogP contribution in [-0.4, -0.2) is 19.7 Å². The monoisotopic (exact) mass is 352 g/mol. The first-order valence-electron chi connectivity index (χ1n) is 10.5. The maximum Gasteiger partial charge on any atom is 0.131 e. The fourth-order valence-corrected chi connectivity index (χ4v) is 4.37. The molecule has 26 heavy (non-hydrogen) atoms. The highest BCUT2D eigenvalue weighted by Crippen LogP contribution is 2.35. The van der Waals surface area contributed by atoms with Crippen molar-refractivity contribution in [2.45, 2.75) is 77.0 Å². The topological polar surface area (TPSA) is 43.6 Å². The number of hydrogen-bond acceptors (Lipinski definition) is 3. The Morgan fingerprint density at radius 1 is 1.12 bits per heavy atom. The van der Waals surface area contributed by atoms with E-state index in [0.29, 0.717) is 5.92 Å². The lowest BCUT2D eigenvalue weighted by Gasteiger charge is -2.22. The van der Waals surface area contributed by atoms with Gasteiger partial charge in [-0.3, -0.25) is 4.68 Å². The van der Waals surface area contributed by atoms with E-state index in [0.717, 1.165) is 29.8 Å². The molecule has 140 valence electrons. The van der Waals surface area contributed by atoms with Crippen LogP contribution in [0.4, 0.5) is 0 Å². The summed E-state index contributed by atoms with van der Waals surface area (Å²) in [5.41, 5.74) is 3.57. The Morgan fingerprint density at radius 2 is 1.92 bits per heavy atom. The molecule has 2 aromatic heterocycles. The third kappa shape index (κ3) is 4.16. The van der Waals surface area contributed by atoms with Crippen LogP contribution in [0, 0.1) is 11.8 Å². The molecule has 0 saturated heterocycles. The van der Waals surface area contributed by atoms with Gasteiger partial charge in [-0.1, -0.05) is 39.0 Å². The molecule has 0 bridgehead atoms. The summed E-state index contributed by atoms with van der Waals surface area (Å²) < 4.78 is 2.03. The van der Waals surface area contributed by atoms with Crippen LogP contribution in [0.1, 0.15) is 82.1 Å². The molecule has 1 atom stereocenters. The summed E-state index contributed by atoms with van der Waals surface area (Å²) in [4.78, 5) is 9.54. The molecule has 0 aromatic carbocycles. The van der Waals surface area contributed by atoms with Gasteiger partial charge in [0.1, 0.15) is 5.82 Å². The zero-order valence-corrected chi connectivity index (χ0v) is 16.3. The predicted molar refractivity (Wildman–Crippen MR) is 105 cm³/mol. The number of aromatic nitrogens is 4. The molecule has 0 N–H and O–H groups in total. The molecule has 2 aliphatic carbocycles. The first-order chi connectivity index (χ1) is 12.7. The van der Waals surface area contributed by atoms with Crippen LogP contribution in [-0.2, 0) is 13.5 Å². The third-order valence-electron chi connectivity index (χ3n) is 6.36. The highest BCUT2D eigenvalue weighted by Gasteiger charge is 2.25. The smallest absolute Gasteiger partial charge is 0.131 e. The van der Waals surface area contributed by atoms with Crippen molar-refractivity contribution in [3.63, 3.8) is 0 Å². The molecule has 4 heteroatoms. The second kappa shape index (κ2) is 7.89. The van der Waals surface area contributed by atoms with E-state index in [2.05, 4.69) is 24.1 Å². The van der Waals surface area contributed by atoms with Gasteiger partial charge < -0.3 is 0 Å². The maximum absolute atomic E-state index is 4.94. The Bertz CT molecular complexity index is 725.